The van der Waals surface area contributed by atoms with Crippen molar-refractivity contribution < 1.29 is 4.74 Å². The number of benzene rings is 3. The van der Waals surface area contributed by atoms with Gasteiger partial charge in [0.25, 0.3) is 5.56 Å². The molecule has 2 heterocycles. The summed E-state index contributed by atoms with van der Waals surface area (Å²) >= 11 is 1.47. The molecule has 0 fully saturated rings. The molecule has 6 rings (SSSR count). The first-order valence-electron chi connectivity index (χ1n) is 11.5. The molecule has 3 aromatic carbocycles. The van der Waals surface area contributed by atoms with Gasteiger partial charge in [-0.05, 0) is 60.2 Å². The van der Waals surface area contributed by atoms with Gasteiger partial charge in [-0.3, -0.25) is 9.36 Å². The highest BCUT2D eigenvalue weighted by Crippen LogP contribution is 2.41. The number of nitrogens with zero attached hydrogens (tertiary/aromatic N) is 2. The summed E-state index contributed by atoms with van der Waals surface area (Å²) in [5, 5.41) is 0. The zero-order valence-corrected chi connectivity index (χ0v) is 19.9. The molecular weight excluding hydrogens is 440 g/mol. The van der Waals surface area contributed by atoms with E-state index in [9.17, 15) is 4.79 Å². The van der Waals surface area contributed by atoms with Crippen LogP contribution in [0, 0.1) is 6.92 Å². The lowest BCUT2D eigenvalue weighted by atomic mass is 9.83. The van der Waals surface area contributed by atoms with Crippen LogP contribution in [-0.4, -0.2) is 11.7 Å². The molecule has 0 spiro atoms. The monoisotopic (exact) mass is 464 g/mol. The van der Waals surface area contributed by atoms with Gasteiger partial charge in [-0.1, -0.05) is 77.6 Å². The van der Waals surface area contributed by atoms with Crippen LogP contribution in [0.2, 0.25) is 0 Å². The van der Waals surface area contributed by atoms with E-state index in [-0.39, 0.29) is 11.6 Å². The van der Waals surface area contributed by atoms with E-state index in [1.54, 1.807) is 7.11 Å². The van der Waals surface area contributed by atoms with Crippen LogP contribution in [0.5, 0.6) is 5.75 Å². The van der Waals surface area contributed by atoms with Crippen LogP contribution < -0.4 is 19.6 Å². The van der Waals surface area contributed by atoms with Gasteiger partial charge < -0.3 is 4.74 Å². The number of methoxy groups -OCH3 is 1. The zero-order chi connectivity index (χ0) is 23.2. The third kappa shape index (κ3) is 3.44. The summed E-state index contributed by atoms with van der Waals surface area (Å²) in [6.45, 7) is 2.06. The second-order valence-corrected chi connectivity index (χ2v) is 9.81. The Morgan fingerprint density at radius 2 is 1.85 bits per heavy atom. The normalized spacial score (nSPS) is 17.0. The van der Waals surface area contributed by atoms with Gasteiger partial charge in [0.1, 0.15) is 5.75 Å². The third-order valence-corrected chi connectivity index (χ3v) is 7.63. The summed E-state index contributed by atoms with van der Waals surface area (Å²) in [6, 6.07) is 24.6. The quantitative estimate of drug-likeness (QED) is 0.444. The number of fused-ring (bicyclic) bond motifs is 3. The van der Waals surface area contributed by atoms with Gasteiger partial charge >= 0.3 is 0 Å². The van der Waals surface area contributed by atoms with Crippen molar-refractivity contribution in [3.8, 4) is 5.75 Å². The molecule has 0 saturated heterocycles. The summed E-state index contributed by atoms with van der Waals surface area (Å²) in [4.78, 5) is 19.6. The molecule has 2 aliphatic rings. The van der Waals surface area contributed by atoms with Gasteiger partial charge in [-0.2, -0.15) is 0 Å². The Hall–Kier alpha value is -3.70. The van der Waals surface area contributed by atoms with Gasteiger partial charge in [-0.25, -0.2) is 4.99 Å². The number of hydrogen-bond acceptors (Lipinski definition) is 4. The number of ether oxygens (including phenoxy) is 1. The molecule has 0 N–H and O–H groups in total. The van der Waals surface area contributed by atoms with E-state index in [4.69, 9.17) is 9.73 Å². The van der Waals surface area contributed by atoms with Gasteiger partial charge in [0.15, 0.2) is 4.80 Å². The van der Waals surface area contributed by atoms with Crippen LogP contribution in [0.4, 0.5) is 0 Å². The Kier molecular flexibility index (Phi) is 5.07. The predicted octanol–water partition coefficient (Wildman–Crippen LogP) is 4.64. The Balaban J connectivity index is 1.61. The van der Waals surface area contributed by atoms with Crippen molar-refractivity contribution in [2.75, 3.05) is 7.11 Å². The third-order valence-electron chi connectivity index (χ3n) is 6.64. The van der Waals surface area contributed by atoms with Crippen molar-refractivity contribution in [1.29, 1.82) is 0 Å². The summed E-state index contributed by atoms with van der Waals surface area (Å²) < 4.78 is 7.98. The van der Waals surface area contributed by atoms with Crippen LogP contribution >= 0.6 is 11.3 Å². The van der Waals surface area contributed by atoms with Crippen molar-refractivity contribution in [3.05, 3.63) is 126 Å². The molecule has 0 amide bonds. The van der Waals surface area contributed by atoms with E-state index in [1.807, 2.05) is 34.9 Å². The Labute approximate surface area is 201 Å². The van der Waals surface area contributed by atoms with Crippen LogP contribution in [-0.2, 0) is 6.42 Å². The molecule has 0 saturated carbocycles. The lowest BCUT2D eigenvalue weighted by Crippen LogP contribution is -2.38. The highest BCUT2D eigenvalue weighted by atomic mass is 32.1. The Morgan fingerprint density at radius 3 is 2.65 bits per heavy atom. The molecule has 1 atom stereocenters. The van der Waals surface area contributed by atoms with Gasteiger partial charge in [0.2, 0.25) is 0 Å². The fourth-order valence-corrected chi connectivity index (χ4v) is 6.02. The van der Waals surface area contributed by atoms with Gasteiger partial charge in [-0.15, -0.1) is 0 Å². The second kappa shape index (κ2) is 8.26. The van der Waals surface area contributed by atoms with Crippen molar-refractivity contribution in [2.24, 2.45) is 4.99 Å². The lowest BCUT2D eigenvalue weighted by molar-refractivity contribution is 0.414. The van der Waals surface area contributed by atoms with Crippen LogP contribution in [0.15, 0.2) is 88.2 Å². The van der Waals surface area contributed by atoms with Gasteiger partial charge in [0, 0.05) is 5.56 Å². The lowest BCUT2D eigenvalue weighted by Gasteiger charge is -2.30. The fraction of sp³-hybridized carbons (Fsp3) is 0.172. The Morgan fingerprint density at radius 1 is 1.03 bits per heavy atom. The molecule has 1 aliphatic heterocycles. The van der Waals surface area contributed by atoms with E-state index in [0.717, 1.165) is 40.2 Å². The molecular formula is C29H24N2O2S. The number of aryl methyl sites for hydroxylation is 2. The van der Waals surface area contributed by atoms with Crippen LogP contribution in [0.3, 0.4) is 0 Å². The summed E-state index contributed by atoms with van der Waals surface area (Å²) in [5.74, 6) is 0.804. The van der Waals surface area contributed by atoms with E-state index in [0.29, 0.717) is 4.53 Å². The highest BCUT2D eigenvalue weighted by molar-refractivity contribution is 7.07. The summed E-state index contributed by atoms with van der Waals surface area (Å²) in [6.07, 6.45) is 3.82. The van der Waals surface area contributed by atoms with Crippen LogP contribution in [0.1, 0.15) is 40.3 Å². The molecule has 0 radical (unpaired) electrons. The molecule has 5 heteroatoms. The number of thiazole rings is 1. The number of aromatic nitrogens is 1. The standard InChI is InChI=1S/C29H24N2O2S/c1-18-6-5-7-19(16-18)17-25-28(32)31-27(21-10-13-22(33-2)14-11-21)24-15-12-20-8-3-4-9-23(20)26(24)30-29(31)34-25/h3-11,13-14,16-17,27H,12,15H2,1-2H3/b25-17-/t27-/m1/s1. The molecule has 4 nitrogen and oxygen atoms in total. The maximum Gasteiger partial charge on any atom is 0.271 e. The second-order valence-electron chi connectivity index (χ2n) is 8.80. The van der Waals surface area contributed by atoms with E-state index < -0.39 is 0 Å². The summed E-state index contributed by atoms with van der Waals surface area (Å²) in [7, 11) is 1.67. The van der Waals surface area contributed by atoms with Crippen molar-refractivity contribution in [1.82, 2.24) is 4.57 Å². The predicted molar refractivity (Wildman–Crippen MR) is 137 cm³/mol. The molecule has 168 valence electrons. The fourth-order valence-electron chi connectivity index (χ4n) is 5.02. The molecule has 4 aromatic rings. The molecule has 0 bridgehead atoms. The zero-order valence-electron chi connectivity index (χ0n) is 19.1. The maximum atomic E-state index is 13.8. The first-order chi connectivity index (χ1) is 16.6. The highest BCUT2D eigenvalue weighted by Gasteiger charge is 2.32. The maximum absolute atomic E-state index is 13.8. The van der Waals surface area contributed by atoms with Crippen molar-refractivity contribution in [2.45, 2.75) is 25.8 Å². The molecule has 0 unspecified atom stereocenters. The van der Waals surface area contributed by atoms with Gasteiger partial charge in [0.05, 0.1) is 23.4 Å². The average Bonchev–Trinajstić information content (AvgIpc) is 3.17. The molecule has 1 aromatic heterocycles. The Bertz CT molecular complexity index is 1620. The SMILES string of the molecule is COc1ccc([C@@H]2C3=C(N=c4s/c(=C\c5cccc(C)c5)c(=O)n42)c2ccccc2CC3)cc1. The minimum absolute atomic E-state index is 0.0106. The van der Waals surface area contributed by atoms with Crippen molar-refractivity contribution in [3.63, 3.8) is 0 Å². The minimum Gasteiger partial charge on any atom is -0.497 e. The average molecular weight is 465 g/mol. The first kappa shape index (κ1) is 20.9. The summed E-state index contributed by atoms with van der Waals surface area (Å²) in [5.41, 5.74) is 8.01. The first-order valence-corrected chi connectivity index (χ1v) is 12.3. The van der Waals surface area contributed by atoms with Crippen molar-refractivity contribution >= 4 is 23.1 Å². The number of rotatable bonds is 3. The van der Waals surface area contributed by atoms with E-state index in [2.05, 4.69) is 55.5 Å². The van der Waals surface area contributed by atoms with E-state index >= 15 is 0 Å². The number of allylic oxidation sites excluding steroid dienone is 1. The largest absolute Gasteiger partial charge is 0.497 e. The minimum atomic E-state index is -0.176. The molecule has 1 aliphatic carbocycles. The van der Waals surface area contributed by atoms with E-state index in [1.165, 1.54) is 33.6 Å². The number of hydrogen-bond donors (Lipinski definition) is 0. The molecule has 34 heavy (non-hydrogen) atoms. The topological polar surface area (TPSA) is 43.6 Å². The van der Waals surface area contributed by atoms with Crippen LogP contribution in [0.25, 0.3) is 11.8 Å². The smallest absolute Gasteiger partial charge is 0.271 e.